The van der Waals surface area contributed by atoms with Gasteiger partial charge in [-0.05, 0) is 46.9 Å². The molecule has 0 amide bonds. The average molecular weight is 412 g/mol. The summed E-state index contributed by atoms with van der Waals surface area (Å²) in [4.78, 5) is 0. The molecule has 2 aromatic carbocycles. The molecular formula is C16H11ClINO2. The van der Waals surface area contributed by atoms with E-state index in [1.54, 1.807) is 0 Å². The van der Waals surface area contributed by atoms with Crippen molar-refractivity contribution in [3.05, 3.63) is 69.0 Å². The van der Waals surface area contributed by atoms with Crippen LogP contribution in [-0.4, -0.2) is 5.16 Å². The summed E-state index contributed by atoms with van der Waals surface area (Å²) in [5.74, 6) is 1.52. The number of hydrogen-bond donors (Lipinski definition) is 0. The lowest BCUT2D eigenvalue weighted by atomic mass is 10.1. The SMILES string of the molecule is Clc1ccc(-c2cc(COc3ccccc3I)on2)cc1. The van der Waals surface area contributed by atoms with Crippen molar-refractivity contribution in [1.29, 1.82) is 0 Å². The molecule has 21 heavy (non-hydrogen) atoms. The van der Waals surface area contributed by atoms with Gasteiger partial charge in [-0.25, -0.2) is 0 Å². The Morgan fingerprint density at radius 2 is 1.86 bits per heavy atom. The highest BCUT2D eigenvalue weighted by Crippen LogP contribution is 2.24. The van der Waals surface area contributed by atoms with E-state index < -0.39 is 0 Å². The third kappa shape index (κ3) is 3.57. The molecule has 5 heteroatoms. The van der Waals surface area contributed by atoms with Crippen LogP contribution in [0.1, 0.15) is 5.76 Å². The van der Waals surface area contributed by atoms with E-state index in [2.05, 4.69) is 27.7 Å². The van der Waals surface area contributed by atoms with Crippen molar-refractivity contribution in [3.63, 3.8) is 0 Å². The monoisotopic (exact) mass is 411 g/mol. The topological polar surface area (TPSA) is 35.3 Å². The van der Waals surface area contributed by atoms with Crippen molar-refractivity contribution in [2.24, 2.45) is 0 Å². The Balaban J connectivity index is 1.71. The summed E-state index contributed by atoms with van der Waals surface area (Å²) in [7, 11) is 0. The minimum atomic E-state index is 0.348. The fourth-order valence-electron chi connectivity index (χ4n) is 1.85. The zero-order chi connectivity index (χ0) is 14.7. The molecule has 0 aliphatic heterocycles. The van der Waals surface area contributed by atoms with Gasteiger partial charge in [-0.15, -0.1) is 0 Å². The molecule has 0 bridgehead atoms. The Hall–Kier alpha value is -1.53. The summed E-state index contributed by atoms with van der Waals surface area (Å²) in [6.07, 6.45) is 0. The first-order valence-corrected chi connectivity index (χ1v) is 7.77. The first-order chi connectivity index (χ1) is 10.2. The van der Waals surface area contributed by atoms with Crippen LogP contribution in [0.15, 0.2) is 59.1 Å². The molecule has 0 spiro atoms. The van der Waals surface area contributed by atoms with Crippen LogP contribution in [0.3, 0.4) is 0 Å². The molecule has 3 rings (SSSR count). The highest BCUT2D eigenvalue weighted by atomic mass is 127. The zero-order valence-electron chi connectivity index (χ0n) is 10.9. The minimum Gasteiger partial charge on any atom is -0.484 e. The van der Waals surface area contributed by atoms with Gasteiger partial charge in [0.2, 0.25) is 0 Å². The normalized spacial score (nSPS) is 10.6. The van der Waals surface area contributed by atoms with Gasteiger partial charge in [-0.1, -0.05) is 41.0 Å². The van der Waals surface area contributed by atoms with Crippen molar-refractivity contribution >= 4 is 34.2 Å². The highest BCUT2D eigenvalue weighted by molar-refractivity contribution is 14.1. The molecule has 0 unspecified atom stereocenters. The van der Waals surface area contributed by atoms with Crippen LogP contribution in [0, 0.1) is 3.57 Å². The number of ether oxygens (including phenoxy) is 1. The number of nitrogens with zero attached hydrogens (tertiary/aromatic N) is 1. The van der Waals surface area contributed by atoms with Gasteiger partial charge in [0.1, 0.15) is 18.1 Å². The molecule has 1 aromatic heterocycles. The van der Waals surface area contributed by atoms with E-state index in [9.17, 15) is 0 Å². The largest absolute Gasteiger partial charge is 0.484 e. The van der Waals surface area contributed by atoms with E-state index in [0.717, 1.165) is 20.6 Å². The van der Waals surface area contributed by atoms with Crippen molar-refractivity contribution in [2.45, 2.75) is 6.61 Å². The van der Waals surface area contributed by atoms with Gasteiger partial charge in [0.25, 0.3) is 0 Å². The van der Waals surface area contributed by atoms with E-state index in [-0.39, 0.29) is 0 Å². The first-order valence-electron chi connectivity index (χ1n) is 6.31. The number of para-hydroxylation sites is 1. The zero-order valence-corrected chi connectivity index (χ0v) is 13.8. The first kappa shape index (κ1) is 14.4. The summed E-state index contributed by atoms with van der Waals surface area (Å²) >= 11 is 8.11. The van der Waals surface area contributed by atoms with Crippen LogP contribution in [0.5, 0.6) is 5.75 Å². The summed E-state index contributed by atoms with van der Waals surface area (Å²) in [6.45, 7) is 0.348. The predicted molar refractivity (Wildman–Crippen MR) is 90.4 cm³/mol. The van der Waals surface area contributed by atoms with Crippen LogP contribution in [0.25, 0.3) is 11.3 Å². The third-order valence-electron chi connectivity index (χ3n) is 2.91. The number of hydrogen-bond acceptors (Lipinski definition) is 3. The quantitative estimate of drug-likeness (QED) is 0.555. The van der Waals surface area contributed by atoms with Gasteiger partial charge in [-0.2, -0.15) is 0 Å². The Kier molecular flexibility index (Phi) is 4.45. The Labute approximate surface area is 141 Å². The van der Waals surface area contributed by atoms with E-state index in [0.29, 0.717) is 17.4 Å². The Morgan fingerprint density at radius 1 is 1.10 bits per heavy atom. The van der Waals surface area contributed by atoms with E-state index in [1.165, 1.54) is 0 Å². The van der Waals surface area contributed by atoms with E-state index >= 15 is 0 Å². The molecule has 0 fully saturated rings. The smallest absolute Gasteiger partial charge is 0.174 e. The molecule has 0 aliphatic rings. The molecule has 0 N–H and O–H groups in total. The maximum absolute atomic E-state index is 5.87. The number of benzene rings is 2. The van der Waals surface area contributed by atoms with Crippen molar-refractivity contribution < 1.29 is 9.26 Å². The fraction of sp³-hybridized carbons (Fsp3) is 0.0625. The molecule has 1 heterocycles. The molecule has 0 saturated heterocycles. The maximum Gasteiger partial charge on any atom is 0.174 e. The molecule has 0 radical (unpaired) electrons. The fourth-order valence-corrected chi connectivity index (χ4v) is 2.52. The average Bonchev–Trinajstić information content (AvgIpc) is 2.96. The lowest BCUT2D eigenvalue weighted by Gasteiger charge is -2.04. The van der Waals surface area contributed by atoms with Gasteiger partial charge in [0, 0.05) is 16.7 Å². The summed E-state index contributed by atoms with van der Waals surface area (Å²) < 4.78 is 12.1. The molecular weight excluding hydrogens is 401 g/mol. The molecule has 0 saturated carbocycles. The van der Waals surface area contributed by atoms with Crippen molar-refractivity contribution in [2.75, 3.05) is 0 Å². The van der Waals surface area contributed by atoms with Crippen molar-refractivity contribution in [1.82, 2.24) is 5.16 Å². The third-order valence-corrected chi connectivity index (χ3v) is 4.05. The Bertz CT molecular complexity index is 740. The van der Waals surface area contributed by atoms with Crippen LogP contribution in [0.2, 0.25) is 5.02 Å². The van der Waals surface area contributed by atoms with E-state index in [1.807, 2.05) is 54.6 Å². The van der Waals surface area contributed by atoms with E-state index in [4.69, 9.17) is 20.9 Å². The standard InChI is InChI=1S/C16H11ClINO2/c17-12-7-5-11(6-8-12)15-9-13(21-19-15)10-20-16-4-2-1-3-14(16)18/h1-9H,10H2. The maximum atomic E-state index is 5.87. The van der Waals surface area contributed by atoms with Gasteiger partial charge < -0.3 is 9.26 Å². The second-order valence-corrected chi connectivity index (χ2v) is 6.00. The number of rotatable bonds is 4. The molecule has 3 aromatic rings. The van der Waals surface area contributed by atoms with Crippen LogP contribution < -0.4 is 4.74 Å². The molecule has 0 atom stereocenters. The summed E-state index contributed by atoms with van der Waals surface area (Å²) in [6, 6.07) is 17.2. The lowest BCUT2D eigenvalue weighted by Crippen LogP contribution is -1.95. The molecule has 106 valence electrons. The second-order valence-electron chi connectivity index (χ2n) is 4.40. The number of halogens is 2. The van der Waals surface area contributed by atoms with Crippen LogP contribution >= 0.6 is 34.2 Å². The van der Waals surface area contributed by atoms with Crippen LogP contribution in [0.4, 0.5) is 0 Å². The minimum absolute atomic E-state index is 0.348. The molecule has 0 aliphatic carbocycles. The summed E-state index contributed by atoms with van der Waals surface area (Å²) in [5.41, 5.74) is 1.73. The van der Waals surface area contributed by atoms with Crippen LogP contribution in [-0.2, 0) is 6.61 Å². The second kappa shape index (κ2) is 6.49. The van der Waals surface area contributed by atoms with Crippen molar-refractivity contribution in [3.8, 4) is 17.0 Å². The lowest BCUT2D eigenvalue weighted by molar-refractivity contribution is 0.248. The van der Waals surface area contributed by atoms with Gasteiger partial charge in [0.15, 0.2) is 5.76 Å². The molecule has 3 nitrogen and oxygen atoms in total. The Morgan fingerprint density at radius 3 is 2.62 bits per heavy atom. The summed E-state index contributed by atoms with van der Waals surface area (Å²) in [5, 5.41) is 4.75. The highest BCUT2D eigenvalue weighted by Gasteiger charge is 2.08. The van der Waals surface area contributed by atoms with Gasteiger partial charge in [-0.3, -0.25) is 0 Å². The number of aromatic nitrogens is 1. The predicted octanol–water partition coefficient (Wildman–Crippen LogP) is 5.18. The van der Waals surface area contributed by atoms with Gasteiger partial charge >= 0.3 is 0 Å². The van der Waals surface area contributed by atoms with Gasteiger partial charge in [0.05, 0.1) is 3.57 Å².